The molecule has 23 nitrogen and oxygen atoms in total. The van der Waals surface area contributed by atoms with Gasteiger partial charge in [-0.1, -0.05) is 80.0 Å². The Balaban J connectivity index is 1.14. The molecule has 0 aromatic carbocycles. The van der Waals surface area contributed by atoms with Crippen molar-refractivity contribution < 1.29 is 114 Å². The van der Waals surface area contributed by atoms with Crippen LogP contribution < -0.4 is 0 Å². The topological polar surface area (TPSA) is 368 Å². The van der Waals surface area contributed by atoms with E-state index in [4.69, 9.17) is 37.9 Å². The molecule has 3 aliphatic heterocycles. The first kappa shape index (κ1) is 62.3. The Morgan fingerprint density at radius 1 is 0.696 bits per heavy atom. The summed E-state index contributed by atoms with van der Waals surface area (Å²) in [6.07, 6.45) is -25.3. The number of aliphatic carboxylic acids is 1. The number of carbonyl (C=O) groups excluding carboxylic acids is 2. The predicted octanol–water partition coefficient (Wildman–Crippen LogP) is -0.0475. The standard InChI is InChI=1S/C56H88O23/c1-12-24(4)47(71)78-43-44(79-46(70)23(2)3)56(22-59)26(19-51(43,5)6)25-13-14-30-53(9)17-16-31(52(7,8)29(53)15-18-54(30,10)55(25,11)41(66)42(56)67)74-50-40(77-49-36(64)34(62)32(60)27(20-57)72-49)38(37(65)39(76-50)45(68)69)75-48-35(63)33(61)28(21-58)73-48/h12-13,23,26-44,48-50,57-67H,14-22H2,1-11H3,(H,68,69)/b24-12-/t26-,27+,28-,29-,30+,31-,32-,33-,34-,35+,36+,37-,38-,39-,40+,41-,42+,43-,44-,48-,49-,50+,53-,54+,55-,56-/m0/s1. The van der Waals surface area contributed by atoms with Crippen LogP contribution in [0, 0.1) is 56.2 Å². The molecule has 23 heteroatoms. The van der Waals surface area contributed by atoms with Crippen molar-refractivity contribution in [3.8, 4) is 0 Å². The predicted molar refractivity (Wildman–Crippen MR) is 272 cm³/mol. The van der Waals surface area contributed by atoms with Crippen molar-refractivity contribution in [1.29, 1.82) is 0 Å². The minimum absolute atomic E-state index is 0.145. The molecule has 7 fully saturated rings. The minimum atomic E-state index is -2.12. The van der Waals surface area contributed by atoms with Gasteiger partial charge in [0, 0.05) is 16.4 Å². The van der Waals surface area contributed by atoms with Gasteiger partial charge < -0.3 is 99.2 Å². The summed E-state index contributed by atoms with van der Waals surface area (Å²) >= 11 is 0. The second-order valence-corrected chi connectivity index (χ2v) is 26.2. The van der Waals surface area contributed by atoms with E-state index in [9.17, 15) is 75.7 Å². The van der Waals surface area contributed by atoms with Crippen LogP contribution in [0.15, 0.2) is 23.3 Å². The molecule has 0 radical (unpaired) electrons. The lowest BCUT2D eigenvalue weighted by Crippen LogP contribution is -2.76. The van der Waals surface area contributed by atoms with E-state index in [1.807, 2.05) is 34.6 Å². The van der Waals surface area contributed by atoms with Gasteiger partial charge in [-0.15, -0.1) is 0 Å². The van der Waals surface area contributed by atoms with Gasteiger partial charge in [-0.2, -0.15) is 0 Å². The Morgan fingerprint density at radius 3 is 1.84 bits per heavy atom. The maximum atomic E-state index is 13.7. The van der Waals surface area contributed by atoms with E-state index in [0.717, 1.165) is 5.57 Å². The molecule has 0 amide bonds. The lowest BCUT2D eigenvalue weighted by atomic mass is 9.32. The van der Waals surface area contributed by atoms with Gasteiger partial charge in [0.1, 0.15) is 67.1 Å². The second kappa shape index (κ2) is 22.3. The number of hydrogen-bond donors (Lipinski definition) is 12. The van der Waals surface area contributed by atoms with Gasteiger partial charge in [0.2, 0.25) is 0 Å². The second-order valence-electron chi connectivity index (χ2n) is 26.2. The van der Waals surface area contributed by atoms with Crippen molar-refractivity contribution >= 4 is 17.9 Å². The maximum Gasteiger partial charge on any atom is 0.335 e. The van der Waals surface area contributed by atoms with Crippen LogP contribution >= 0.6 is 0 Å². The third kappa shape index (κ3) is 9.76. The van der Waals surface area contributed by atoms with E-state index < -0.39 is 199 Å². The number of allylic oxidation sites excluding steroid dienone is 2. The first-order chi connectivity index (χ1) is 36.8. The molecule has 3 saturated heterocycles. The smallest absolute Gasteiger partial charge is 0.335 e. The summed E-state index contributed by atoms with van der Waals surface area (Å²) < 4.78 is 49.0. The highest BCUT2D eigenvalue weighted by atomic mass is 16.8. The monoisotopic (exact) mass is 1130 g/mol. The highest BCUT2D eigenvalue weighted by Crippen LogP contribution is 2.76. The van der Waals surface area contributed by atoms with E-state index in [1.54, 1.807) is 33.8 Å². The summed E-state index contributed by atoms with van der Waals surface area (Å²) in [5.41, 5.74) is -4.56. The molecule has 0 bridgehead atoms. The van der Waals surface area contributed by atoms with Gasteiger partial charge in [0.15, 0.2) is 31.1 Å². The number of fused-ring (bicyclic) bond motifs is 7. The minimum Gasteiger partial charge on any atom is -0.479 e. The zero-order chi connectivity index (χ0) is 58.6. The van der Waals surface area contributed by atoms with Gasteiger partial charge in [0.25, 0.3) is 0 Å². The Bertz CT molecular complexity index is 2310. The number of hydrogen-bond acceptors (Lipinski definition) is 22. The molecule has 5 aliphatic carbocycles. The molecule has 0 spiro atoms. The Kier molecular flexibility index (Phi) is 17.6. The van der Waals surface area contributed by atoms with Gasteiger partial charge in [-0.05, 0) is 86.4 Å². The molecule has 79 heavy (non-hydrogen) atoms. The number of rotatable bonds is 14. The van der Waals surface area contributed by atoms with Crippen molar-refractivity contribution in [3.63, 3.8) is 0 Å². The van der Waals surface area contributed by atoms with Crippen molar-refractivity contribution in [3.05, 3.63) is 23.3 Å². The molecule has 3 heterocycles. The summed E-state index contributed by atoms with van der Waals surface area (Å²) in [4.78, 5) is 40.1. The average Bonchev–Trinajstić information content (AvgIpc) is 3.77. The highest BCUT2D eigenvalue weighted by Gasteiger charge is 2.76. The Hall–Kier alpha value is -2.79. The summed E-state index contributed by atoms with van der Waals surface area (Å²) in [5, 5.41) is 134. The van der Waals surface area contributed by atoms with E-state index >= 15 is 0 Å². The number of aliphatic hydroxyl groups is 11. The van der Waals surface area contributed by atoms with E-state index in [2.05, 4.69) is 19.9 Å². The Morgan fingerprint density at radius 2 is 1.28 bits per heavy atom. The molecule has 12 N–H and O–H groups in total. The van der Waals surface area contributed by atoms with Crippen LogP contribution in [0.2, 0.25) is 0 Å². The van der Waals surface area contributed by atoms with Gasteiger partial charge >= 0.3 is 17.9 Å². The molecule has 450 valence electrons. The van der Waals surface area contributed by atoms with Crippen LogP contribution in [0.5, 0.6) is 0 Å². The van der Waals surface area contributed by atoms with Gasteiger partial charge in [-0.3, -0.25) is 4.79 Å². The molecule has 0 aromatic heterocycles. The number of carbonyl (C=O) groups is 3. The molecule has 8 rings (SSSR count). The van der Waals surface area contributed by atoms with Crippen LogP contribution in [0.4, 0.5) is 0 Å². The molecule has 4 saturated carbocycles. The van der Waals surface area contributed by atoms with E-state index in [1.165, 1.54) is 0 Å². The number of carboxylic acid groups (broad SMARTS) is 1. The third-order valence-electron chi connectivity index (χ3n) is 21.1. The quantitative estimate of drug-likeness (QED) is 0.0470. The van der Waals surface area contributed by atoms with Crippen LogP contribution in [0.3, 0.4) is 0 Å². The fourth-order valence-corrected chi connectivity index (χ4v) is 16.2. The normalized spacial score (nSPS) is 49.4. The molecule has 8 aliphatic rings. The fourth-order valence-electron chi connectivity index (χ4n) is 16.2. The van der Waals surface area contributed by atoms with Gasteiger partial charge in [0.05, 0.1) is 49.5 Å². The van der Waals surface area contributed by atoms with E-state index in [0.29, 0.717) is 44.1 Å². The highest BCUT2D eigenvalue weighted by molar-refractivity contribution is 5.87. The molecule has 26 atom stereocenters. The lowest BCUT2D eigenvalue weighted by Gasteiger charge is -2.73. The number of ether oxygens (including phenoxy) is 8. The average molecular weight is 1130 g/mol. The fraction of sp³-hybridized carbons (Fsp3) is 0.875. The third-order valence-corrected chi connectivity index (χ3v) is 21.1. The van der Waals surface area contributed by atoms with Crippen LogP contribution in [0.25, 0.3) is 0 Å². The van der Waals surface area contributed by atoms with Crippen molar-refractivity contribution in [1.82, 2.24) is 0 Å². The number of esters is 2. The molecule has 0 aromatic rings. The molecular weight excluding hydrogens is 1040 g/mol. The van der Waals surface area contributed by atoms with Gasteiger partial charge in [-0.25, -0.2) is 9.59 Å². The van der Waals surface area contributed by atoms with Crippen LogP contribution in [0.1, 0.15) is 115 Å². The maximum absolute atomic E-state index is 13.7. The first-order valence-electron chi connectivity index (χ1n) is 28.0. The van der Waals surface area contributed by atoms with Crippen LogP contribution in [-0.4, -0.2) is 216 Å². The molecular formula is C56H88O23. The summed E-state index contributed by atoms with van der Waals surface area (Å²) in [6, 6.07) is 0. The lowest BCUT2D eigenvalue weighted by molar-refractivity contribution is -0.386. The van der Waals surface area contributed by atoms with E-state index in [-0.39, 0.29) is 11.8 Å². The Labute approximate surface area is 460 Å². The number of carboxylic acids is 1. The van der Waals surface area contributed by atoms with Crippen molar-refractivity contribution in [2.75, 3.05) is 19.8 Å². The molecule has 0 unspecified atom stereocenters. The van der Waals surface area contributed by atoms with Crippen molar-refractivity contribution in [2.45, 2.75) is 231 Å². The SMILES string of the molecule is C/C=C(/C)C(=O)O[C@H]1[C@H](OC(=O)C(C)C)[C@]2(CO)[C@H](O)[C@H](O)[C@]3(C)C(=CC[C@@H]4[C@@]5(C)CC[C@H](O[C@@H]6O[C@H](C(=O)O)[C@@H](O)[C@H](O[C@@H]7O[C@@H](CO)[C@H](O)[C@H]7O)[C@H]6O[C@@H]6O[C@H](CO)[C@H](O)[C@H](O)[C@H]6O)C(C)(C)[C@@H]5CC[C@]43C)[C@@H]2CC1(C)C. The summed E-state index contributed by atoms with van der Waals surface area (Å²) in [7, 11) is 0. The number of aliphatic hydroxyl groups excluding tert-OH is 11. The zero-order valence-corrected chi connectivity index (χ0v) is 47.2. The zero-order valence-electron chi connectivity index (χ0n) is 47.2. The largest absolute Gasteiger partial charge is 0.479 e. The van der Waals surface area contributed by atoms with Crippen molar-refractivity contribution in [2.24, 2.45) is 56.2 Å². The summed E-state index contributed by atoms with van der Waals surface area (Å²) in [6.45, 7) is 18.5. The first-order valence-corrected chi connectivity index (χ1v) is 28.0. The van der Waals surface area contributed by atoms with Crippen LogP contribution in [-0.2, 0) is 52.3 Å². The summed E-state index contributed by atoms with van der Waals surface area (Å²) in [5.74, 6) is -4.49.